The van der Waals surface area contributed by atoms with Gasteiger partial charge in [-0.2, -0.15) is 46.8 Å². The highest BCUT2D eigenvalue weighted by molar-refractivity contribution is 6.37. The van der Waals surface area contributed by atoms with Crippen molar-refractivity contribution in [3.8, 4) is 0 Å². The van der Waals surface area contributed by atoms with Gasteiger partial charge in [-0.1, -0.05) is 72.4 Å². The van der Waals surface area contributed by atoms with Crippen LogP contribution in [0.3, 0.4) is 0 Å². The lowest BCUT2D eigenvalue weighted by Crippen LogP contribution is -2.33. The number of aryl methyl sites for hydroxylation is 2. The van der Waals surface area contributed by atoms with Crippen LogP contribution >= 0.6 is 46.4 Å². The van der Waals surface area contributed by atoms with E-state index in [1.165, 1.54) is 36.4 Å². The number of alkyl halides is 6. The monoisotopic (exact) mass is 1050 g/mol. The molecule has 0 aliphatic heterocycles. The second-order valence-electron chi connectivity index (χ2n) is 14.9. The maximum atomic E-state index is 13.7. The lowest BCUT2D eigenvalue weighted by Gasteiger charge is -2.18. The number of para-hydroxylation sites is 2. The van der Waals surface area contributed by atoms with Crippen molar-refractivity contribution in [2.75, 3.05) is 21.3 Å². The first-order chi connectivity index (χ1) is 32.8. The molecule has 0 fully saturated rings. The molecule has 366 valence electrons. The Kier molecular flexibility index (Phi) is 17.6. The summed E-state index contributed by atoms with van der Waals surface area (Å²) in [6, 6.07) is 12.6. The van der Waals surface area contributed by atoms with E-state index in [1.807, 2.05) is 0 Å². The Morgan fingerprint density at radius 3 is 1.19 bits per heavy atom. The molecule has 70 heavy (non-hydrogen) atoms. The molecular formula is C46H36Cl4F6N8O6. The molecule has 5 aromatic rings. The number of benzene rings is 5. The summed E-state index contributed by atoms with van der Waals surface area (Å²) in [5.41, 5.74) is -3.34. The summed E-state index contributed by atoms with van der Waals surface area (Å²) in [5.74, 6) is -5.50. The SMILES string of the molecule is CCc1cc(NC(=O)C(N=Nc2ccc(Cl)c(C(=O)Nc3c(Cl)cccc3C(F)(F)F)c2)C(C)=O)c(CC)cc1NC(=O)C(N=Nc1ccc(Cl)c(C(=O)Nc2c(Cl)cccc2C(F)(F)F)c1)C(C)=O. The van der Waals surface area contributed by atoms with Crippen molar-refractivity contribution in [1.82, 2.24) is 0 Å². The smallest absolute Gasteiger partial charge is 0.323 e. The molecule has 5 rings (SSSR count). The Bertz CT molecular complexity index is 2770. The van der Waals surface area contributed by atoms with E-state index in [4.69, 9.17) is 46.4 Å². The van der Waals surface area contributed by atoms with Crippen LogP contribution in [0.5, 0.6) is 0 Å². The van der Waals surface area contributed by atoms with Crippen LogP contribution in [0.4, 0.5) is 60.5 Å². The molecule has 5 aromatic carbocycles. The summed E-state index contributed by atoms with van der Waals surface area (Å²) >= 11 is 24.4. The van der Waals surface area contributed by atoms with E-state index in [9.17, 15) is 55.1 Å². The van der Waals surface area contributed by atoms with Crippen molar-refractivity contribution < 1.29 is 55.1 Å². The molecule has 0 bridgehead atoms. The molecule has 0 heterocycles. The molecule has 14 nitrogen and oxygen atoms in total. The highest BCUT2D eigenvalue weighted by atomic mass is 35.5. The number of Topliss-reactive ketones (excluding diaryl/α,β-unsaturated/α-hetero) is 2. The Morgan fingerprint density at radius 2 is 0.871 bits per heavy atom. The van der Waals surface area contributed by atoms with E-state index in [0.717, 1.165) is 62.4 Å². The van der Waals surface area contributed by atoms with Gasteiger partial charge in [-0.05, 0) is 111 Å². The molecule has 0 saturated carbocycles. The van der Waals surface area contributed by atoms with E-state index >= 15 is 0 Å². The van der Waals surface area contributed by atoms with Gasteiger partial charge in [0.2, 0.25) is 12.1 Å². The van der Waals surface area contributed by atoms with Gasteiger partial charge in [0.1, 0.15) is 0 Å². The summed E-state index contributed by atoms with van der Waals surface area (Å²) in [6.07, 6.45) is -9.20. The third-order valence-corrected chi connectivity index (χ3v) is 11.2. The molecule has 0 aliphatic rings. The average Bonchev–Trinajstić information content (AvgIpc) is 3.28. The van der Waals surface area contributed by atoms with Crippen molar-refractivity contribution in [3.63, 3.8) is 0 Å². The normalized spacial score (nSPS) is 12.7. The molecule has 0 radical (unpaired) electrons. The molecule has 4 amide bonds. The van der Waals surface area contributed by atoms with Crippen LogP contribution in [0.25, 0.3) is 0 Å². The fourth-order valence-corrected chi connectivity index (χ4v) is 7.28. The van der Waals surface area contributed by atoms with Gasteiger partial charge in [0, 0.05) is 11.4 Å². The van der Waals surface area contributed by atoms with Crippen molar-refractivity contribution in [2.24, 2.45) is 20.5 Å². The first kappa shape index (κ1) is 54.2. The summed E-state index contributed by atoms with van der Waals surface area (Å²) < 4.78 is 81.9. The predicted molar refractivity (Wildman–Crippen MR) is 252 cm³/mol. The first-order valence-corrected chi connectivity index (χ1v) is 21.9. The minimum Gasteiger partial charge on any atom is -0.323 e. The number of amides is 4. The number of rotatable bonds is 16. The van der Waals surface area contributed by atoms with Crippen molar-refractivity contribution >= 4 is 116 Å². The summed E-state index contributed by atoms with van der Waals surface area (Å²) in [7, 11) is 0. The number of carbonyl (C=O) groups excluding carboxylic acids is 6. The van der Waals surface area contributed by atoms with Gasteiger partial charge in [-0.25, -0.2) is 0 Å². The largest absolute Gasteiger partial charge is 0.418 e. The summed E-state index contributed by atoms with van der Waals surface area (Å²) in [5, 5.41) is 24.0. The Morgan fingerprint density at radius 1 is 0.514 bits per heavy atom. The van der Waals surface area contributed by atoms with E-state index in [2.05, 4.69) is 41.7 Å². The minimum atomic E-state index is -4.86. The topological polar surface area (TPSA) is 200 Å². The first-order valence-electron chi connectivity index (χ1n) is 20.4. The fourth-order valence-electron chi connectivity index (χ4n) is 6.43. The van der Waals surface area contributed by atoms with Crippen LogP contribution in [-0.2, 0) is 44.4 Å². The van der Waals surface area contributed by atoms with Crippen LogP contribution in [0.2, 0.25) is 20.1 Å². The molecule has 0 aliphatic carbocycles. The van der Waals surface area contributed by atoms with Crippen molar-refractivity contribution in [3.05, 3.63) is 138 Å². The average molecular weight is 1050 g/mol. The number of azo groups is 2. The van der Waals surface area contributed by atoms with Gasteiger partial charge in [0.25, 0.3) is 23.6 Å². The molecule has 0 spiro atoms. The van der Waals surface area contributed by atoms with Crippen LogP contribution in [0.1, 0.15) is 70.7 Å². The molecule has 24 heteroatoms. The fraction of sp³-hybridized carbons (Fsp3) is 0.217. The number of halogens is 10. The lowest BCUT2D eigenvalue weighted by atomic mass is 10.0. The van der Waals surface area contributed by atoms with E-state index in [1.54, 1.807) is 13.8 Å². The number of hydrogen-bond donors (Lipinski definition) is 4. The predicted octanol–water partition coefficient (Wildman–Crippen LogP) is 13.3. The Labute approximate surface area is 414 Å². The van der Waals surface area contributed by atoms with Gasteiger partial charge < -0.3 is 21.3 Å². The number of hydrogen-bond acceptors (Lipinski definition) is 10. The third-order valence-electron chi connectivity index (χ3n) is 9.95. The number of anilines is 4. The lowest BCUT2D eigenvalue weighted by molar-refractivity contribution is -0.137. The van der Waals surface area contributed by atoms with Crippen molar-refractivity contribution in [1.29, 1.82) is 0 Å². The quantitative estimate of drug-likeness (QED) is 0.0430. The summed E-state index contributed by atoms with van der Waals surface area (Å²) in [4.78, 5) is 78.9. The second-order valence-corrected chi connectivity index (χ2v) is 16.5. The summed E-state index contributed by atoms with van der Waals surface area (Å²) in [6.45, 7) is 5.61. The van der Waals surface area contributed by atoms with Gasteiger partial charge in [-0.3, -0.25) is 28.8 Å². The van der Waals surface area contributed by atoms with Crippen LogP contribution < -0.4 is 21.3 Å². The van der Waals surface area contributed by atoms with E-state index in [-0.39, 0.29) is 56.8 Å². The number of nitrogens with one attached hydrogen (secondary N) is 4. The molecule has 4 N–H and O–H groups in total. The molecule has 0 aromatic heterocycles. The van der Waals surface area contributed by atoms with Crippen LogP contribution in [-0.4, -0.2) is 47.3 Å². The Balaban J connectivity index is 1.32. The number of carbonyl (C=O) groups is 6. The second kappa shape index (κ2) is 22.8. The van der Waals surface area contributed by atoms with Crippen molar-refractivity contribution in [2.45, 2.75) is 65.0 Å². The van der Waals surface area contributed by atoms with Gasteiger partial charge in [0.05, 0.1) is 65.1 Å². The molecule has 2 atom stereocenters. The molecular weight excluding hydrogens is 1020 g/mol. The third kappa shape index (κ3) is 13.3. The molecule has 0 saturated heterocycles. The zero-order valence-electron chi connectivity index (χ0n) is 36.7. The highest BCUT2D eigenvalue weighted by Gasteiger charge is 2.36. The van der Waals surface area contributed by atoms with Gasteiger partial charge >= 0.3 is 12.4 Å². The number of nitrogens with zero attached hydrogens (tertiary/aromatic N) is 4. The Hall–Kier alpha value is -6.74. The van der Waals surface area contributed by atoms with E-state index in [0.29, 0.717) is 11.1 Å². The standard InChI is InChI=1S/C46H36Cl4F6N8O6/c1-5-23-17-36(58-44(70)38(22(4)66)64-62-26-14-16-32(48)28(20-26)42(68)60-40-30(46(54,55)56)10-8-12-34(40)50)24(6-2)18-35(23)57-43(69)37(21(3)65)63-61-25-13-15-31(47)27(19-25)41(67)59-39-29(45(51,52)53)9-7-11-33(39)49/h7-20,37-38H,5-6H2,1-4H3,(H,57,69)(H,58,70)(H,59,67)(H,60,68). The maximum Gasteiger partial charge on any atom is 0.418 e. The maximum absolute atomic E-state index is 13.7. The van der Waals surface area contributed by atoms with Gasteiger partial charge in [0.15, 0.2) is 11.6 Å². The van der Waals surface area contributed by atoms with Crippen LogP contribution in [0, 0.1) is 0 Å². The van der Waals surface area contributed by atoms with Gasteiger partial charge in [-0.15, -0.1) is 0 Å². The number of ketones is 2. The van der Waals surface area contributed by atoms with E-state index < -0.39 is 92.2 Å². The zero-order valence-corrected chi connectivity index (χ0v) is 39.7. The molecule has 2 unspecified atom stereocenters. The minimum absolute atomic E-state index is 0.101. The van der Waals surface area contributed by atoms with Crippen LogP contribution in [0.15, 0.2) is 105 Å². The zero-order chi connectivity index (χ0) is 51.8. The highest BCUT2D eigenvalue weighted by Crippen LogP contribution is 2.41.